The summed E-state index contributed by atoms with van der Waals surface area (Å²) in [6.07, 6.45) is 5.31. The number of hydrogen-bond acceptors (Lipinski definition) is 4. The molecule has 0 aliphatic rings. The fraction of sp³-hybridized carbons (Fsp3) is 0.600. The van der Waals surface area contributed by atoms with Crippen LogP contribution >= 0.6 is 0 Å². The van der Waals surface area contributed by atoms with Gasteiger partial charge in [0.2, 0.25) is 0 Å². The summed E-state index contributed by atoms with van der Waals surface area (Å²) in [4.78, 5) is 10.1. The first-order valence-corrected chi connectivity index (χ1v) is 4.67. The molecule has 1 aromatic heterocycles. The van der Waals surface area contributed by atoms with Crippen molar-refractivity contribution in [2.75, 3.05) is 19.1 Å². The molecular weight excluding hydrogens is 178 g/mol. The van der Waals surface area contributed by atoms with Crippen LogP contribution in [0, 0.1) is 0 Å². The van der Waals surface area contributed by atoms with Crippen LogP contribution in [0.5, 0.6) is 0 Å². The van der Waals surface area contributed by atoms with Crippen LogP contribution in [-0.2, 0) is 4.74 Å². The van der Waals surface area contributed by atoms with Crippen LogP contribution in [0.3, 0.4) is 0 Å². The fourth-order valence-corrected chi connectivity index (χ4v) is 1.22. The number of nitrogens with zero attached hydrogens (tertiary/aromatic N) is 3. The number of anilines is 1. The van der Waals surface area contributed by atoms with Crippen molar-refractivity contribution in [1.29, 1.82) is 0 Å². The van der Waals surface area contributed by atoms with Crippen molar-refractivity contribution in [2.45, 2.75) is 26.0 Å². The van der Waals surface area contributed by atoms with Crippen molar-refractivity contribution in [1.82, 2.24) is 9.97 Å². The van der Waals surface area contributed by atoms with Crippen LogP contribution in [0.15, 0.2) is 18.7 Å². The van der Waals surface area contributed by atoms with Gasteiger partial charge in [0.15, 0.2) is 0 Å². The van der Waals surface area contributed by atoms with Crippen LogP contribution in [0.2, 0.25) is 0 Å². The molecule has 0 aliphatic heterocycles. The summed E-state index contributed by atoms with van der Waals surface area (Å²) >= 11 is 0. The minimum absolute atomic E-state index is 0.181. The van der Waals surface area contributed by atoms with E-state index in [1.165, 1.54) is 6.33 Å². The standard InChI is InChI=1S/C10H17N3O/c1-8(9(2)14-4)13(3)10-5-11-7-12-6-10/h5-9H,1-4H3/t8-,9?/m0/s1. The van der Waals surface area contributed by atoms with Crippen LogP contribution in [0.25, 0.3) is 0 Å². The number of ether oxygens (including phenoxy) is 1. The Morgan fingerprint density at radius 2 is 1.86 bits per heavy atom. The van der Waals surface area contributed by atoms with Crippen molar-refractivity contribution in [3.63, 3.8) is 0 Å². The van der Waals surface area contributed by atoms with Crippen molar-refractivity contribution in [2.24, 2.45) is 0 Å². The SMILES string of the molecule is COC(C)[C@H](C)N(C)c1cncnc1. The molecule has 1 aromatic rings. The Morgan fingerprint density at radius 1 is 1.29 bits per heavy atom. The highest BCUT2D eigenvalue weighted by Gasteiger charge is 2.16. The molecule has 0 saturated carbocycles. The molecule has 0 fully saturated rings. The lowest BCUT2D eigenvalue weighted by molar-refractivity contribution is 0.0990. The Balaban J connectivity index is 2.70. The van der Waals surface area contributed by atoms with Gasteiger partial charge >= 0.3 is 0 Å². The van der Waals surface area contributed by atoms with E-state index in [0.29, 0.717) is 6.04 Å². The lowest BCUT2D eigenvalue weighted by Crippen LogP contribution is -2.38. The third-order valence-electron chi connectivity index (χ3n) is 2.62. The first-order chi connectivity index (χ1) is 6.66. The topological polar surface area (TPSA) is 38.2 Å². The molecule has 0 amide bonds. The predicted molar refractivity (Wildman–Crippen MR) is 56.4 cm³/mol. The molecule has 0 radical (unpaired) electrons. The highest BCUT2D eigenvalue weighted by molar-refractivity contribution is 5.41. The van der Waals surface area contributed by atoms with Crippen molar-refractivity contribution in [3.05, 3.63) is 18.7 Å². The maximum atomic E-state index is 5.27. The average Bonchev–Trinajstić information content (AvgIpc) is 2.27. The Hall–Kier alpha value is -1.16. The van der Waals surface area contributed by atoms with Gasteiger partial charge in [-0.1, -0.05) is 0 Å². The molecule has 0 aliphatic carbocycles. The van der Waals surface area contributed by atoms with Gasteiger partial charge in [0.25, 0.3) is 0 Å². The van der Waals surface area contributed by atoms with Gasteiger partial charge in [0, 0.05) is 14.2 Å². The van der Waals surface area contributed by atoms with Gasteiger partial charge in [-0.2, -0.15) is 0 Å². The zero-order chi connectivity index (χ0) is 10.6. The molecule has 14 heavy (non-hydrogen) atoms. The van der Waals surface area contributed by atoms with E-state index in [0.717, 1.165) is 5.69 Å². The molecular formula is C10H17N3O. The van der Waals surface area contributed by atoms with E-state index in [2.05, 4.69) is 21.8 Å². The summed E-state index contributed by atoms with van der Waals surface area (Å²) in [6, 6.07) is 0.297. The van der Waals surface area contributed by atoms with Crippen LogP contribution < -0.4 is 4.90 Å². The van der Waals surface area contributed by atoms with E-state index in [4.69, 9.17) is 4.74 Å². The Bertz CT molecular complexity index is 265. The van der Waals surface area contributed by atoms with E-state index in [1.54, 1.807) is 19.5 Å². The minimum Gasteiger partial charge on any atom is -0.380 e. The molecule has 0 bridgehead atoms. The van der Waals surface area contributed by atoms with E-state index >= 15 is 0 Å². The van der Waals surface area contributed by atoms with Gasteiger partial charge in [-0.25, -0.2) is 9.97 Å². The quantitative estimate of drug-likeness (QED) is 0.726. The summed E-state index contributed by atoms with van der Waals surface area (Å²) in [6.45, 7) is 4.16. The summed E-state index contributed by atoms with van der Waals surface area (Å²) in [7, 11) is 3.73. The van der Waals surface area contributed by atoms with Crippen LogP contribution in [0.1, 0.15) is 13.8 Å². The fourth-order valence-electron chi connectivity index (χ4n) is 1.22. The van der Waals surface area contributed by atoms with Gasteiger partial charge in [0.05, 0.1) is 30.2 Å². The first-order valence-electron chi connectivity index (χ1n) is 4.67. The second-order valence-electron chi connectivity index (χ2n) is 3.39. The number of methoxy groups -OCH3 is 1. The summed E-state index contributed by atoms with van der Waals surface area (Å²) < 4.78 is 5.27. The number of rotatable bonds is 4. The normalized spacial score (nSPS) is 14.9. The van der Waals surface area contributed by atoms with Gasteiger partial charge in [-0.15, -0.1) is 0 Å². The summed E-state index contributed by atoms with van der Waals surface area (Å²) in [5, 5.41) is 0. The van der Waals surface area contributed by atoms with E-state index in [1.807, 2.05) is 14.0 Å². The van der Waals surface area contributed by atoms with Crippen molar-refractivity contribution < 1.29 is 4.74 Å². The predicted octanol–water partition coefficient (Wildman–Crippen LogP) is 1.34. The molecule has 0 spiro atoms. The monoisotopic (exact) mass is 195 g/mol. The molecule has 0 N–H and O–H groups in total. The van der Waals surface area contributed by atoms with Crippen LogP contribution in [0.4, 0.5) is 5.69 Å². The van der Waals surface area contributed by atoms with Gasteiger partial charge in [-0.3, -0.25) is 0 Å². The van der Waals surface area contributed by atoms with E-state index in [-0.39, 0.29) is 6.10 Å². The average molecular weight is 195 g/mol. The molecule has 1 unspecified atom stereocenters. The second-order valence-corrected chi connectivity index (χ2v) is 3.39. The molecule has 2 atom stereocenters. The van der Waals surface area contributed by atoms with Gasteiger partial charge in [0.1, 0.15) is 6.33 Å². The lowest BCUT2D eigenvalue weighted by atomic mass is 10.2. The number of likely N-dealkylation sites (N-methyl/N-ethyl adjacent to an activating group) is 1. The van der Waals surface area contributed by atoms with Crippen molar-refractivity contribution >= 4 is 5.69 Å². The maximum absolute atomic E-state index is 5.27. The molecule has 4 nitrogen and oxygen atoms in total. The number of hydrogen-bond donors (Lipinski definition) is 0. The zero-order valence-corrected chi connectivity index (χ0v) is 9.14. The molecule has 78 valence electrons. The lowest BCUT2D eigenvalue weighted by Gasteiger charge is -2.30. The smallest absolute Gasteiger partial charge is 0.115 e. The highest BCUT2D eigenvalue weighted by atomic mass is 16.5. The minimum atomic E-state index is 0.181. The van der Waals surface area contributed by atoms with E-state index in [9.17, 15) is 0 Å². The van der Waals surface area contributed by atoms with Crippen LogP contribution in [-0.4, -0.2) is 36.3 Å². The Kier molecular flexibility index (Phi) is 3.83. The molecule has 4 heteroatoms. The largest absolute Gasteiger partial charge is 0.380 e. The van der Waals surface area contributed by atoms with Gasteiger partial charge < -0.3 is 9.64 Å². The summed E-state index contributed by atoms with van der Waals surface area (Å²) in [5.74, 6) is 0. The molecule has 1 rings (SSSR count). The number of aromatic nitrogens is 2. The van der Waals surface area contributed by atoms with Crippen molar-refractivity contribution in [3.8, 4) is 0 Å². The second kappa shape index (κ2) is 4.91. The van der Waals surface area contributed by atoms with Gasteiger partial charge in [-0.05, 0) is 13.8 Å². The molecule has 1 heterocycles. The highest BCUT2D eigenvalue weighted by Crippen LogP contribution is 2.14. The third-order valence-corrected chi connectivity index (χ3v) is 2.62. The third kappa shape index (κ3) is 2.42. The maximum Gasteiger partial charge on any atom is 0.115 e. The Labute approximate surface area is 84.9 Å². The van der Waals surface area contributed by atoms with E-state index < -0.39 is 0 Å². The Morgan fingerprint density at radius 3 is 2.36 bits per heavy atom. The zero-order valence-electron chi connectivity index (χ0n) is 9.14. The molecule has 0 aromatic carbocycles. The first kappa shape index (κ1) is 10.9. The summed E-state index contributed by atoms with van der Waals surface area (Å²) in [5.41, 5.74) is 1.00. The molecule has 0 saturated heterocycles.